The molecule has 2 aliphatic heterocycles. The number of β-lactam (4-membered cyclic amide) rings is 1. The Labute approximate surface area is 199 Å². The monoisotopic (exact) mass is 508 g/mol. The number of fused-ring (bicyclic) bond motifs is 1. The van der Waals surface area contributed by atoms with Gasteiger partial charge in [0.05, 0.1) is 6.07 Å². The average molecular weight is 509 g/mol. The van der Waals surface area contributed by atoms with E-state index in [1.807, 2.05) is 6.07 Å². The fraction of sp³-hybridized carbons (Fsp3) is 0.278. The highest BCUT2D eigenvalue weighted by Crippen LogP contribution is 2.41. The lowest BCUT2D eigenvalue weighted by Crippen LogP contribution is -2.71. The summed E-state index contributed by atoms with van der Waals surface area (Å²) < 4.78 is 0. The van der Waals surface area contributed by atoms with Crippen LogP contribution >= 0.6 is 34.9 Å². The van der Waals surface area contributed by atoms with Gasteiger partial charge >= 0.3 is 5.97 Å². The first-order valence-electron chi connectivity index (χ1n) is 9.07. The molecular weight excluding hydrogens is 492 g/mol. The van der Waals surface area contributed by atoms with E-state index in [9.17, 15) is 24.3 Å². The average Bonchev–Trinajstić information content (AvgIpc) is 3.26. The number of carboxylic acid groups (broad SMARTS) is 1. The van der Waals surface area contributed by atoms with Gasteiger partial charge in [-0.3, -0.25) is 19.3 Å². The molecule has 0 aromatic carbocycles. The lowest BCUT2D eigenvalue weighted by Gasteiger charge is -2.49. The van der Waals surface area contributed by atoms with Crippen LogP contribution in [0.3, 0.4) is 0 Å². The molecule has 2 atom stereocenters. The first-order valence-corrected chi connectivity index (χ1v) is 12.0. The molecule has 172 valence electrons. The Bertz CT molecular complexity index is 1110. The number of allylic oxidation sites excluding steroid dienone is 1. The summed E-state index contributed by atoms with van der Waals surface area (Å²) in [6.07, 6.45) is 1.72. The Balaban J connectivity index is 1.75. The van der Waals surface area contributed by atoms with Crippen LogP contribution in [0.1, 0.15) is 5.69 Å². The van der Waals surface area contributed by atoms with Crippen LogP contribution in [-0.2, 0) is 24.0 Å². The maximum atomic E-state index is 12.8. The van der Waals surface area contributed by atoms with Crippen molar-refractivity contribution in [3.8, 4) is 6.07 Å². The van der Waals surface area contributed by atoms with Crippen LogP contribution in [-0.4, -0.2) is 74.9 Å². The summed E-state index contributed by atoms with van der Waals surface area (Å²) in [5.74, 6) is -1.88. The fourth-order valence-corrected chi connectivity index (χ4v) is 5.85. The van der Waals surface area contributed by atoms with E-state index in [1.54, 1.807) is 5.41 Å². The largest absolute Gasteiger partial charge is 0.477 e. The molecule has 33 heavy (non-hydrogen) atoms. The number of amides is 3. The number of carbonyl (C=O) groups is 4. The number of carbonyl (C=O) groups excluding carboxylic acids is 3. The lowest BCUT2D eigenvalue weighted by atomic mass is 10.0. The third kappa shape index (κ3) is 5.18. The smallest absolute Gasteiger partial charge is 0.352 e. The van der Waals surface area contributed by atoms with Crippen molar-refractivity contribution < 1.29 is 29.1 Å². The molecule has 3 rings (SSSR count). The summed E-state index contributed by atoms with van der Waals surface area (Å²) in [4.78, 5) is 58.0. The summed E-state index contributed by atoms with van der Waals surface area (Å²) in [6, 6.07) is 0.889. The van der Waals surface area contributed by atoms with Gasteiger partial charge in [0.2, 0.25) is 6.41 Å². The highest BCUT2D eigenvalue weighted by atomic mass is 32.2. The topological polar surface area (TPSA) is 174 Å². The number of nitriles is 1. The minimum Gasteiger partial charge on any atom is -0.477 e. The zero-order chi connectivity index (χ0) is 24.0. The van der Waals surface area contributed by atoms with E-state index in [0.717, 1.165) is 16.2 Å². The van der Waals surface area contributed by atoms with Crippen LogP contribution in [0, 0.1) is 11.3 Å². The van der Waals surface area contributed by atoms with Gasteiger partial charge in [-0.25, -0.2) is 9.78 Å². The number of aromatic nitrogens is 1. The Morgan fingerprint density at radius 2 is 2.33 bits per heavy atom. The predicted molar refractivity (Wildman–Crippen MR) is 122 cm³/mol. The number of thioether (sulfide) groups is 2. The maximum absolute atomic E-state index is 12.8. The highest BCUT2D eigenvalue weighted by molar-refractivity contribution is 8.02. The number of thiazole rings is 1. The first-order chi connectivity index (χ1) is 15.9. The van der Waals surface area contributed by atoms with Crippen molar-refractivity contribution in [2.75, 3.05) is 23.9 Å². The SMILES string of the molecule is CON=C(C(=O)NC1C(=O)N2C(C(=O)O)=C(CS/C=C\C#N)CS[C@@H]12)c1csc(NC=O)n1. The summed E-state index contributed by atoms with van der Waals surface area (Å²) >= 11 is 3.65. The third-order valence-corrected chi connectivity index (χ3v) is 7.32. The molecule has 1 aromatic heterocycles. The van der Waals surface area contributed by atoms with Crippen LogP contribution in [0.5, 0.6) is 0 Å². The number of nitrogens with one attached hydrogen (secondary N) is 2. The second-order valence-electron chi connectivity index (χ2n) is 6.28. The molecule has 1 unspecified atom stereocenters. The van der Waals surface area contributed by atoms with Crippen LogP contribution in [0.15, 0.2) is 33.3 Å². The normalized spacial score (nSPS) is 20.1. The Morgan fingerprint density at radius 3 is 3.00 bits per heavy atom. The standard InChI is InChI=1S/C18H16N6O6S3/c1-30-23-11(10-7-33-18(21-10)20-8-25)14(26)22-12-15(27)24-13(17(28)29)9(6-32-16(12)24)5-31-4-2-3-19/h2,4,7-8,12,16H,5-6H2,1H3,(H,22,26)(H,28,29)(H,20,21,25)/b4-2-,23-11?/t12?,16-/m0/s1. The minimum absolute atomic E-state index is 0.109. The molecule has 2 aliphatic rings. The molecule has 0 spiro atoms. The Hall–Kier alpha value is -3.35. The molecule has 3 amide bonds. The molecule has 3 heterocycles. The van der Waals surface area contributed by atoms with Crippen molar-refractivity contribution in [2.24, 2.45) is 5.16 Å². The van der Waals surface area contributed by atoms with Crippen LogP contribution in [0.25, 0.3) is 0 Å². The second kappa shape index (κ2) is 11.0. The molecule has 1 saturated heterocycles. The van der Waals surface area contributed by atoms with Crippen molar-refractivity contribution >= 4 is 69.9 Å². The number of anilines is 1. The van der Waals surface area contributed by atoms with Crippen LogP contribution in [0.4, 0.5) is 5.13 Å². The second-order valence-corrected chi connectivity index (χ2v) is 9.14. The van der Waals surface area contributed by atoms with Crippen LogP contribution < -0.4 is 10.6 Å². The number of oxime groups is 1. The number of carboxylic acids is 1. The Morgan fingerprint density at radius 1 is 1.55 bits per heavy atom. The number of hydrogen-bond acceptors (Lipinski definition) is 11. The van der Waals surface area contributed by atoms with Crippen molar-refractivity contribution in [1.29, 1.82) is 5.26 Å². The lowest BCUT2D eigenvalue weighted by molar-refractivity contribution is -0.150. The van der Waals surface area contributed by atoms with Crippen molar-refractivity contribution in [3.05, 3.63) is 33.8 Å². The van der Waals surface area contributed by atoms with E-state index in [4.69, 9.17) is 10.1 Å². The molecule has 1 fully saturated rings. The maximum Gasteiger partial charge on any atom is 0.352 e. The van der Waals surface area contributed by atoms with Gasteiger partial charge < -0.3 is 20.6 Å². The number of rotatable bonds is 10. The highest BCUT2D eigenvalue weighted by Gasteiger charge is 2.54. The Kier molecular flexibility index (Phi) is 8.09. The summed E-state index contributed by atoms with van der Waals surface area (Å²) in [5, 5.41) is 29.5. The molecule has 0 bridgehead atoms. The minimum atomic E-state index is -1.24. The van der Waals surface area contributed by atoms with Gasteiger partial charge in [0.25, 0.3) is 11.8 Å². The van der Waals surface area contributed by atoms with Gasteiger partial charge in [0.1, 0.15) is 29.9 Å². The molecule has 0 radical (unpaired) electrons. The van der Waals surface area contributed by atoms with E-state index in [1.165, 1.54) is 42.1 Å². The number of hydrogen-bond donors (Lipinski definition) is 3. The molecular formula is C18H16N6O6S3. The molecule has 1 aromatic rings. The van der Waals surface area contributed by atoms with Gasteiger partial charge in [-0.2, -0.15) is 5.26 Å². The summed E-state index contributed by atoms with van der Waals surface area (Å²) in [5.41, 5.74) is 0.380. The van der Waals surface area contributed by atoms with Crippen molar-refractivity contribution in [1.82, 2.24) is 15.2 Å². The van der Waals surface area contributed by atoms with E-state index in [0.29, 0.717) is 23.5 Å². The predicted octanol–water partition coefficient (Wildman–Crippen LogP) is 0.571. The van der Waals surface area contributed by atoms with E-state index in [-0.39, 0.29) is 22.2 Å². The van der Waals surface area contributed by atoms with Gasteiger partial charge in [-0.05, 0) is 11.0 Å². The van der Waals surface area contributed by atoms with E-state index >= 15 is 0 Å². The van der Waals surface area contributed by atoms with Gasteiger partial charge in [-0.15, -0.1) is 34.9 Å². The zero-order valence-electron chi connectivity index (χ0n) is 16.9. The molecule has 0 saturated carbocycles. The molecule has 3 N–H and O–H groups in total. The van der Waals surface area contributed by atoms with E-state index in [2.05, 4.69) is 20.8 Å². The van der Waals surface area contributed by atoms with E-state index < -0.39 is 29.2 Å². The van der Waals surface area contributed by atoms with Crippen LogP contribution in [0.2, 0.25) is 0 Å². The van der Waals surface area contributed by atoms with Crippen molar-refractivity contribution in [3.63, 3.8) is 0 Å². The molecule has 0 aliphatic carbocycles. The van der Waals surface area contributed by atoms with Gasteiger partial charge in [-0.1, -0.05) is 5.16 Å². The first kappa shape index (κ1) is 24.3. The number of nitrogens with zero attached hydrogens (tertiary/aromatic N) is 4. The molecule has 15 heteroatoms. The number of aliphatic carboxylic acids is 1. The fourth-order valence-electron chi connectivity index (χ4n) is 3.03. The third-order valence-electron chi connectivity index (χ3n) is 4.36. The zero-order valence-corrected chi connectivity index (χ0v) is 19.3. The quantitative estimate of drug-likeness (QED) is 0.133. The van der Waals surface area contributed by atoms with Crippen molar-refractivity contribution in [2.45, 2.75) is 11.4 Å². The summed E-state index contributed by atoms with van der Waals surface area (Å²) in [7, 11) is 1.24. The molecule has 12 nitrogen and oxygen atoms in total. The summed E-state index contributed by atoms with van der Waals surface area (Å²) in [6.45, 7) is 0. The van der Waals surface area contributed by atoms with Gasteiger partial charge in [0, 0.05) is 23.0 Å². The van der Waals surface area contributed by atoms with Gasteiger partial charge in [0.15, 0.2) is 10.8 Å².